The highest BCUT2D eigenvalue weighted by atomic mass is 14.6. The molecule has 2 aliphatic carbocycles. The quantitative estimate of drug-likeness (QED) is 0.764. The van der Waals surface area contributed by atoms with Gasteiger partial charge in [-0.1, -0.05) is 37.1 Å². The molecule has 0 saturated heterocycles. The van der Waals surface area contributed by atoms with Gasteiger partial charge >= 0.3 is 0 Å². The fourth-order valence-corrected chi connectivity index (χ4v) is 4.04. The van der Waals surface area contributed by atoms with Crippen LogP contribution in [0, 0.1) is 5.41 Å². The van der Waals surface area contributed by atoms with Gasteiger partial charge in [0, 0.05) is 5.92 Å². The fraction of sp³-hybridized carbons (Fsp3) is 0.600. The highest BCUT2D eigenvalue weighted by molar-refractivity contribution is 5.35. The van der Waals surface area contributed by atoms with Gasteiger partial charge in [0.2, 0.25) is 0 Å². The Labute approximate surface area is 98.0 Å². The lowest BCUT2D eigenvalue weighted by atomic mass is 9.63. The van der Waals surface area contributed by atoms with Crippen LogP contribution in [-0.2, 0) is 6.42 Å². The van der Waals surface area contributed by atoms with Crippen LogP contribution in [-0.4, -0.2) is 6.54 Å². The molecule has 0 bridgehead atoms. The van der Waals surface area contributed by atoms with E-state index in [2.05, 4.69) is 24.3 Å². The Kier molecular flexibility index (Phi) is 2.51. The Morgan fingerprint density at radius 3 is 2.62 bits per heavy atom. The summed E-state index contributed by atoms with van der Waals surface area (Å²) >= 11 is 0. The number of fused-ring (bicyclic) bond motifs is 1. The monoisotopic (exact) mass is 215 g/mol. The van der Waals surface area contributed by atoms with Gasteiger partial charge < -0.3 is 5.73 Å². The zero-order valence-corrected chi connectivity index (χ0v) is 9.91. The van der Waals surface area contributed by atoms with Crippen molar-refractivity contribution >= 4 is 0 Å². The van der Waals surface area contributed by atoms with E-state index < -0.39 is 0 Å². The van der Waals surface area contributed by atoms with Crippen LogP contribution in [0.3, 0.4) is 0 Å². The first-order valence-electron chi connectivity index (χ1n) is 6.64. The molecule has 86 valence electrons. The molecular formula is C15H21N. The summed E-state index contributed by atoms with van der Waals surface area (Å²) in [6.45, 7) is 0.830. The summed E-state index contributed by atoms with van der Waals surface area (Å²) in [5.41, 5.74) is 9.74. The van der Waals surface area contributed by atoms with E-state index in [1.54, 1.807) is 11.1 Å². The SMILES string of the molecule is NCC1c2ccccc2CCC12CCCC2. The lowest BCUT2D eigenvalue weighted by Gasteiger charge is -2.42. The van der Waals surface area contributed by atoms with E-state index in [0.29, 0.717) is 11.3 Å². The van der Waals surface area contributed by atoms with Gasteiger partial charge in [-0.25, -0.2) is 0 Å². The Morgan fingerprint density at radius 2 is 1.88 bits per heavy atom. The molecule has 2 aliphatic rings. The fourth-order valence-electron chi connectivity index (χ4n) is 4.04. The van der Waals surface area contributed by atoms with Crippen LogP contribution in [0.15, 0.2) is 24.3 Å². The van der Waals surface area contributed by atoms with Gasteiger partial charge in [-0.2, -0.15) is 0 Å². The number of aryl methyl sites for hydroxylation is 1. The van der Waals surface area contributed by atoms with Gasteiger partial charge in [-0.15, -0.1) is 0 Å². The molecule has 1 spiro atoms. The normalized spacial score (nSPS) is 26.9. The molecule has 1 aromatic carbocycles. The first-order chi connectivity index (χ1) is 7.86. The first kappa shape index (κ1) is 10.3. The Hall–Kier alpha value is -0.820. The van der Waals surface area contributed by atoms with E-state index in [1.165, 1.54) is 38.5 Å². The van der Waals surface area contributed by atoms with E-state index in [4.69, 9.17) is 5.73 Å². The lowest BCUT2D eigenvalue weighted by molar-refractivity contribution is 0.198. The summed E-state index contributed by atoms with van der Waals surface area (Å²) in [4.78, 5) is 0. The van der Waals surface area contributed by atoms with Crippen molar-refractivity contribution in [2.24, 2.45) is 11.1 Å². The van der Waals surface area contributed by atoms with Gasteiger partial charge in [0.25, 0.3) is 0 Å². The van der Waals surface area contributed by atoms with Crippen molar-refractivity contribution in [2.45, 2.75) is 44.4 Å². The summed E-state index contributed by atoms with van der Waals surface area (Å²) < 4.78 is 0. The van der Waals surface area contributed by atoms with E-state index in [1.807, 2.05) is 0 Å². The Balaban J connectivity index is 2.03. The number of hydrogen-bond donors (Lipinski definition) is 1. The first-order valence-corrected chi connectivity index (χ1v) is 6.64. The molecule has 2 N–H and O–H groups in total. The third-order valence-corrected chi connectivity index (χ3v) is 4.90. The van der Waals surface area contributed by atoms with Crippen molar-refractivity contribution in [1.29, 1.82) is 0 Å². The van der Waals surface area contributed by atoms with Crippen molar-refractivity contribution in [1.82, 2.24) is 0 Å². The summed E-state index contributed by atoms with van der Waals surface area (Å²) in [7, 11) is 0. The molecule has 1 fully saturated rings. The van der Waals surface area contributed by atoms with Gasteiger partial charge in [0.15, 0.2) is 0 Å². The van der Waals surface area contributed by atoms with Crippen molar-refractivity contribution < 1.29 is 0 Å². The maximum atomic E-state index is 6.07. The van der Waals surface area contributed by atoms with Crippen LogP contribution in [0.1, 0.15) is 49.1 Å². The minimum atomic E-state index is 0.559. The van der Waals surface area contributed by atoms with Crippen LogP contribution >= 0.6 is 0 Å². The maximum absolute atomic E-state index is 6.07. The second-order valence-electron chi connectivity index (χ2n) is 5.56. The topological polar surface area (TPSA) is 26.0 Å². The highest BCUT2D eigenvalue weighted by Crippen LogP contribution is 2.54. The number of benzene rings is 1. The van der Waals surface area contributed by atoms with E-state index in [0.717, 1.165) is 6.54 Å². The molecule has 1 unspecified atom stereocenters. The Morgan fingerprint density at radius 1 is 1.12 bits per heavy atom. The van der Waals surface area contributed by atoms with Crippen molar-refractivity contribution in [3.05, 3.63) is 35.4 Å². The highest BCUT2D eigenvalue weighted by Gasteiger charge is 2.43. The molecular weight excluding hydrogens is 194 g/mol. The second kappa shape index (κ2) is 3.89. The van der Waals surface area contributed by atoms with E-state index in [-0.39, 0.29) is 0 Å². The third kappa shape index (κ3) is 1.41. The number of rotatable bonds is 1. The smallest absolute Gasteiger partial charge is 0.00205 e. The molecule has 1 saturated carbocycles. The molecule has 3 rings (SSSR count). The van der Waals surface area contributed by atoms with Crippen molar-refractivity contribution in [3.8, 4) is 0 Å². The minimum Gasteiger partial charge on any atom is -0.330 e. The predicted molar refractivity (Wildman–Crippen MR) is 67.5 cm³/mol. The molecule has 0 aromatic heterocycles. The summed E-state index contributed by atoms with van der Waals surface area (Å²) in [6.07, 6.45) is 8.28. The molecule has 0 radical (unpaired) electrons. The zero-order chi connectivity index (χ0) is 11.0. The zero-order valence-electron chi connectivity index (χ0n) is 9.91. The van der Waals surface area contributed by atoms with Crippen LogP contribution in [0.5, 0.6) is 0 Å². The second-order valence-corrected chi connectivity index (χ2v) is 5.56. The Bertz CT molecular complexity index is 377. The van der Waals surface area contributed by atoms with Crippen LogP contribution in [0.4, 0.5) is 0 Å². The van der Waals surface area contributed by atoms with E-state index >= 15 is 0 Å². The third-order valence-electron chi connectivity index (χ3n) is 4.90. The average Bonchev–Trinajstić information content (AvgIpc) is 2.78. The average molecular weight is 215 g/mol. The molecule has 1 heteroatoms. The van der Waals surface area contributed by atoms with Crippen LogP contribution in [0.25, 0.3) is 0 Å². The van der Waals surface area contributed by atoms with Gasteiger partial charge in [0.05, 0.1) is 0 Å². The van der Waals surface area contributed by atoms with Crippen LogP contribution in [0.2, 0.25) is 0 Å². The van der Waals surface area contributed by atoms with Crippen molar-refractivity contribution in [2.75, 3.05) is 6.54 Å². The summed E-state index contributed by atoms with van der Waals surface area (Å²) in [5.74, 6) is 0.625. The molecule has 1 nitrogen and oxygen atoms in total. The molecule has 0 aliphatic heterocycles. The van der Waals surface area contributed by atoms with Gasteiger partial charge in [0.1, 0.15) is 0 Å². The number of nitrogens with two attached hydrogens (primary N) is 1. The largest absolute Gasteiger partial charge is 0.330 e. The van der Waals surface area contributed by atoms with Gasteiger partial charge in [-0.3, -0.25) is 0 Å². The molecule has 0 heterocycles. The molecule has 1 aromatic rings. The molecule has 1 atom stereocenters. The number of hydrogen-bond acceptors (Lipinski definition) is 1. The summed E-state index contributed by atoms with van der Waals surface area (Å²) in [5, 5.41) is 0. The minimum absolute atomic E-state index is 0.559. The van der Waals surface area contributed by atoms with E-state index in [9.17, 15) is 0 Å². The van der Waals surface area contributed by atoms with Crippen molar-refractivity contribution in [3.63, 3.8) is 0 Å². The maximum Gasteiger partial charge on any atom is 0.00205 e. The van der Waals surface area contributed by atoms with Gasteiger partial charge in [-0.05, 0) is 48.8 Å². The summed E-state index contributed by atoms with van der Waals surface area (Å²) in [6, 6.07) is 8.94. The lowest BCUT2D eigenvalue weighted by Crippen LogP contribution is -2.35. The molecule has 16 heavy (non-hydrogen) atoms. The van der Waals surface area contributed by atoms with Crippen LogP contribution < -0.4 is 5.73 Å². The molecule has 0 amide bonds. The predicted octanol–water partition coefficient (Wildman–Crippen LogP) is 3.24. The standard InChI is InChI=1S/C15H21N/c16-11-14-13-6-2-1-5-12(13)7-10-15(14)8-3-4-9-15/h1-2,5-6,14H,3-4,7-11,16H2.